The lowest BCUT2D eigenvalue weighted by atomic mass is 10.1. The van der Waals surface area contributed by atoms with Crippen molar-refractivity contribution in [1.82, 2.24) is 10.3 Å². The number of hydrogen-bond acceptors (Lipinski definition) is 4. The third kappa shape index (κ3) is 5.39. The van der Waals surface area contributed by atoms with E-state index in [4.69, 9.17) is 4.74 Å². The number of methoxy groups -OCH3 is 1. The van der Waals surface area contributed by atoms with E-state index < -0.39 is 0 Å². The Morgan fingerprint density at radius 1 is 1.22 bits per heavy atom. The first-order valence-electron chi connectivity index (χ1n) is 8.64. The molecule has 126 valence electrons. The fourth-order valence-corrected chi connectivity index (χ4v) is 2.73. The third-order valence-electron chi connectivity index (χ3n) is 3.98. The summed E-state index contributed by atoms with van der Waals surface area (Å²) >= 11 is 0. The maximum atomic E-state index is 5.40. The van der Waals surface area contributed by atoms with Crippen LogP contribution in [0.3, 0.4) is 0 Å². The zero-order chi connectivity index (χ0) is 16.5. The van der Waals surface area contributed by atoms with Gasteiger partial charge in [-0.25, -0.2) is 0 Å². The van der Waals surface area contributed by atoms with Gasteiger partial charge < -0.3 is 15.4 Å². The lowest BCUT2D eigenvalue weighted by Gasteiger charge is -2.17. The molecule has 2 N–H and O–H groups in total. The maximum absolute atomic E-state index is 5.40. The molecule has 0 radical (unpaired) electrons. The Morgan fingerprint density at radius 2 is 2.09 bits per heavy atom. The lowest BCUT2D eigenvalue weighted by molar-refractivity contribution is 0.415. The smallest absolute Gasteiger partial charge is 0.121 e. The van der Waals surface area contributed by atoms with E-state index in [9.17, 15) is 0 Å². The first-order valence-corrected chi connectivity index (χ1v) is 8.64. The van der Waals surface area contributed by atoms with Gasteiger partial charge >= 0.3 is 0 Å². The SMILES string of the molecule is CCCNCCCC[C@@H](C)Nc1cc(OC)cc2cccnc12. The van der Waals surface area contributed by atoms with Crippen LogP contribution in [0.2, 0.25) is 0 Å². The van der Waals surface area contributed by atoms with E-state index in [0.29, 0.717) is 6.04 Å². The highest BCUT2D eigenvalue weighted by molar-refractivity contribution is 5.91. The Bertz CT molecular complexity index is 600. The van der Waals surface area contributed by atoms with Gasteiger partial charge in [0.05, 0.1) is 18.3 Å². The van der Waals surface area contributed by atoms with Gasteiger partial charge in [0.25, 0.3) is 0 Å². The molecule has 0 aliphatic carbocycles. The van der Waals surface area contributed by atoms with Gasteiger partial charge in [-0.15, -0.1) is 0 Å². The number of aromatic nitrogens is 1. The molecule has 2 rings (SSSR count). The number of nitrogens with one attached hydrogen (secondary N) is 2. The van der Waals surface area contributed by atoms with Gasteiger partial charge in [0.2, 0.25) is 0 Å². The van der Waals surface area contributed by atoms with Gasteiger partial charge in [-0.2, -0.15) is 0 Å². The molecule has 0 spiro atoms. The summed E-state index contributed by atoms with van der Waals surface area (Å²) in [5.74, 6) is 0.865. The molecule has 1 atom stereocenters. The largest absolute Gasteiger partial charge is 0.497 e. The van der Waals surface area contributed by atoms with Gasteiger partial charge in [0.15, 0.2) is 0 Å². The normalized spacial score (nSPS) is 12.3. The molecule has 23 heavy (non-hydrogen) atoms. The molecule has 4 heteroatoms. The number of fused-ring (bicyclic) bond motifs is 1. The van der Waals surface area contributed by atoms with E-state index in [1.807, 2.05) is 24.4 Å². The molecule has 1 aromatic carbocycles. The van der Waals surface area contributed by atoms with Crippen molar-refractivity contribution in [1.29, 1.82) is 0 Å². The van der Waals surface area contributed by atoms with Gasteiger partial charge in [-0.3, -0.25) is 4.98 Å². The van der Waals surface area contributed by atoms with Crippen LogP contribution in [0.25, 0.3) is 10.9 Å². The lowest BCUT2D eigenvalue weighted by Crippen LogP contribution is -2.18. The number of benzene rings is 1. The second-order valence-electron chi connectivity index (χ2n) is 6.04. The van der Waals surface area contributed by atoms with Crippen molar-refractivity contribution in [3.63, 3.8) is 0 Å². The number of rotatable bonds is 10. The number of unbranched alkanes of at least 4 members (excludes halogenated alkanes) is 1. The van der Waals surface area contributed by atoms with Crippen LogP contribution in [0.1, 0.15) is 39.5 Å². The second-order valence-corrected chi connectivity index (χ2v) is 6.04. The van der Waals surface area contributed by atoms with E-state index >= 15 is 0 Å². The van der Waals surface area contributed by atoms with Gasteiger partial charge in [0, 0.05) is 23.7 Å². The molecule has 0 saturated carbocycles. The first-order chi connectivity index (χ1) is 11.2. The average Bonchev–Trinajstić information content (AvgIpc) is 2.57. The van der Waals surface area contributed by atoms with Gasteiger partial charge in [-0.05, 0) is 51.4 Å². The number of anilines is 1. The van der Waals surface area contributed by atoms with E-state index in [2.05, 4.69) is 35.5 Å². The average molecular weight is 315 g/mol. The topological polar surface area (TPSA) is 46.2 Å². The summed E-state index contributed by atoms with van der Waals surface area (Å²) in [6, 6.07) is 8.50. The minimum atomic E-state index is 0.415. The zero-order valence-electron chi connectivity index (χ0n) is 14.6. The Kier molecular flexibility index (Phi) is 7.14. The monoisotopic (exact) mass is 315 g/mol. The van der Waals surface area contributed by atoms with Crippen LogP contribution in [0.4, 0.5) is 5.69 Å². The van der Waals surface area contributed by atoms with Crippen molar-refractivity contribution in [2.24, 2.45) is 0 Å². The number of ether oxygens (including phenoxy) is 1. The second kappa shape index (κ2) is 9.36. The molecule has 0 aliphatic rings. The summed E-state index contributed by atoms with van der Waals surface area (Å²) in [6.07, 6.45) is 6.64. The van der Waals surface area contributed by atoms with Crippen molar-refractivity contribution in [3.8, 4) is 5.75 Å². The molecule has 0 amide bonds. The summed E-state index contributed by atoms with van der Waals surface area (Å²) < 4.78 is 5.40. The Balaban J connectivity index is 1.92. The van der Waals surface area contributed by atoms with E-state index in [-0.39, 0.29) is 0 Å². The number of hydrogen-bond donors (Lipinski definition) is 2. The van der Waals surface area contributed by atoms with Crippen molar-refractivity contribution < 1.29 is 4.74 Å². The summed E-state index contributed by atoms with van der Waals surface area (Å²) in [5.41, 5.74) is 2.06. The van der Waals surface area contributed by atoms with Crippen molar-refractivity contribution in [3.05, 3.63) is 30.5 Å². The van der Waals surface area contributed by atoms with E-state index in [1.165, 1.54) is 19.3 Å². The summed E-state index contributed by atoms with van der Waals surface area (Å²) in [6.45, 7) is 6.67. The minimum Gasteiger partial charge on any atom is -0.497 e. The molecule has 1 heterocycles. The minimum absolute atomic E-state index is 0.415. The van der Waals surface area contributed by atoms with Crippen LogP contribution in [-0.2, 0) is 0 Å². The molecule has 0 fully saturated rings. The van der Waals surface area contributed by atoms with E-state index in [0.717, 1.165) is 41.9 Å². The molecule has 0 bridgehead atoms. The van der Waals surface area contributed by atoms with Crippen molar-refractivity contribution in [2.75, 3.05) is 25.5 Å². The van der Waals surface area contributed by atoms with Crippen LogP contribution >= 0.6 is 0 Å². The Morgan fingerprint density at radius 3 is 2.87 bits per heavy atom. The highest BCUT2D eigenvalue weighted by Crippen LogP contribution is 2.28. The standard InChI is InChI=1S/C19H29N3O/c1-4-10-20-11-6-5-8-15(2)22-18-14-17(23-3)13-16-9-7-12-21-19(16)18/h7,9,12-15,20,22H,4-6,8,10-11H2,1-3H3/t15-/m1/s1. The molecular formula is C19H29N3O. The fraction of sp³-hybridized carbons (Fsp3) is 0.526. The maximum Gasteiger partial charge on any atom is 0.121 e. The molecule has 0 unspecified atom stereocenters. The van der Waals surface area contributed by atoms with Crippen LogP contribution < -0.4 is 15.4 Å². The highest BCUT2D eigenvalue weighted by Gasteiger charge is 2.08. The number of pyridine rings is 1. The van der Waals surface area contributed by atoms with Crippen LogP contribution in [-0.4, -0.2) is 31.2 Å². The number of nitrogens with zero attached hydrogens (tertiary/aromatic N) is 1. The molecule has 1 aromatic heterocycles. The molecule has 0 aliphatic heterocycles. The first kappa shape index (κ1) is 17.5. The predicted octanol–water partition coefficient (Wildman–Crippen LogP) is 4.21. The Labute approximate surface area is 139 Å². The van der Waals surface area contributed by atoms with Crippen LogP contribution in [0.5, 0.6) is 5.75 Å². The van der Waals surface area contributed by atoms with Crippen LogP contribution in [0, 0.1) is 0 Å². The summed E-state index contributed by atoms with van der Waals surface area (Å²) in [4.78, 5) is 4.51. The third-order valence-corrected chi connectivity index (χ3v) is 3.98. The van der Waals surface area contributed by atoms with Crippen molar-refractivity contribution >= 4 is 16.6 Å². The molecule has 4 nitrogen and oxygen atoms in total. The molecule has 2 aromatic rings. The van der Waals surface area contributed by atoms with Gasteiger partial charge in [-0.1, -0.05) is 19.4 Å². The molecular weight excluding hydrogens is 286 g/mol. The summed E-state index contributed by atoms with van der Waals surface area (Å²) in [7, 11) is 1.70. The highest BCUT2D eigenvalue weighted by atomic mass is 16.5. The predicted molar refractivity (Wildman–Crippen MR) is 98.4 cm³/mol. The Hall–Kier alpha value is -1.81. The quantitative estimate of drug-likeness (QED) is 0.645. The van der Waals surface area contributed by atoms with Crippen molar-refractivity contribution in [2.45, 2.75) is 45.6 Å². The van der Waals surface area contributed by atoms with Crippen LogP contribution in [0.15, 0.2) is 30.5 Å². The zero-order valence-corrected chi connectivity index (χ0v) is 14.6. The van der Waals surface area contributed by atoms with Gasteiger partial charge in [0.1, 0.15) is 5.75 Å². The summed E-state index contributed by atoms with van der Waals surface area (Å²) in [5, 5.41) is 8.15. The fourth-order valence-electron chi connectivity index (χ4n) is 2.73. The van der Waals surface area contributed by atoms with E-state index in [1.54, 1.807) is 7.11 Å². The molecule has 0 saturated heterocycles.